The number of primary amides is 1. The standard InChI is InChI=1S/C27H18F3NO7/c1-35-18-4-2-13(9-20(18)36-11-22(31)32)15-10-23(33)37-19-5-3-14-26(34)21(38-27(14)24(15)19)8-12-6-16(28)25(30)17(29)7-12/h2-9,15H,10-11H2,1H3,(H2,31,32)/b21-8-. The number of amides is 1. The second kappa shape index (κ2) is 9.58. The van der Waals surface area contributed by atoms with E-state index < -0.39 is 47.6 Å². The largest absolute Gasteiger partial charge is 0.493 e. The molecular formula is C27H18F3NO7. The normalized spacial score (nSPS) is 16.9. The van der Waals surface area contributed by atoms with Crippen LogP contribution < -0.4 is 24.7 Å². The number of esters is 1. The molecule has 38 heavy (non-hydrogen) atoms. The van der Waals surface area contributed by atoms with Gasteiger partial charge in [0.15, 0.2) is 41.3 Å². The fourth-order valence-electron chi connectivity index (χ4n) is 4.37. The number of Topliss-reactive ketones (excluding diaryl/α,β-unsaturated/α-hetero) is 1. The van der Waals surface area contributed by atoms with Crippen molar-refractivity contribution in [3.63, 3.8) is 0 Å². The first-order valence-electron chi connectivity index (χ1n) is 11.2. The van der Waals surface area contributed by atoms with Gasteiger partial charge in [-0.05, 0) is 53.6 Å². The van der Waals surface area contributed by atoms with Crippen LogP contribution in [0.3, 0.4) is 0 Å². The van der Waals surface area contributed by atoms with Crippen LogP contribution in [0.5, 0.6) is 23.0 Å². The van der Waals surface area contributed by atoms with E-state index in [4.69, 9.17) is 24.7 Å². The monoisotopic (exact) mass is 525 g/mol. The summed E-state index contributed by atoms with van der Waals surface area (Å²) in [6.45, 7) is -0.408. The van der Waals surface area contributed by atoms with Crippen LogP contribution in [0, 0.1) is 17.5 Å². The lowest BCUT2D eigenvalue weighted by molar-refractivity contribution is -0.135. The van der Waals surface area contributed by atoms with E-state index in [0.29, 0.717) is 16.9 Å². The summed E-state index contributed by atoms with van der Waals surface area (Å²) in [5, 5.41) is 0. The van der Waals surface area contributed by atoms with Gasteiger partial charge in [0.2, 0.25) is 5.78 Å². The Labute approximate surface area is 213 Å². The third-order valence-corrected chi connectivity index (χ3v) is 6.04. The van der Waals surface area contributed by atoms with Gasteiger partial charge in [-0.25, -0.2) is 13.2 Å². The van der Waals surface area contributed by atoms with Gasteiger partial charge in [-0.2, -0.15) is 0 Å². The second-order valence-electron chi connectivity index (χ2n) is 8.49. The van der Waals surface area contributed by atoms with E-state index >= 15 is 0 Å². The van der Waals surface area contributed by atoms with E-state index in [-0.39, 0.29) is 40.6 Å². The molecule has 5 rings (SSSR count). The molecule has 3 aromatic rings. The zero-order valence-electron chi connectivity index (χ0n) is 19.7. The number of allylic oxidation sites excluding steroid dienone is 1. The first-order valence-corrected chi connectivity index (χ1v) is 11.2. The Kier molecular flexibility index (Phi) is 6.27. The summed E-state index contributed by atoms with van der Waals surface area (Å²) >= 11 is 0. The highest BCUT2D eigenvalue weighted by molar-refractivity contribution is 6.15. The first-order chi connectivity index (χ1) is 18.2. The lowest BCUT2D eigenvalue weighted by Gasteiger charge is -2.26. The number of halogens is 3. The third kappa shape index (κ3) is 4.42. The first kappa shape index (κ1) is 24.9. The average Bonchev–Trinajstić information content (AvgIpc) is 3.20. The lowest BCUT2D eigenvalue weighted by atomic mass is 9.84. The molecule has 2 heterocycles. The number of carbonyl (C=O) groups is 3. The number of carbonyl (C=O) groups excluding carboxylic acids is 3. The second-order valence-corrected chi connectivity index (χ2v) is 8.49. The number of hydrogen-bond donors (Lipinski definition) is 1. The number of methoxy groups -OCH3 is 1. The molecule has 1 amide bonds. The maximum atomic E-state index is 13.7. The predicted molar refractivity (Wildman–Crippen MR) is 125 cm³/mol. The molecule has 2 aliphatic heterocycles. The summed E-state index contributed by atoms with van der Waals surface area (Å²) in [4.78, 5) is 36.7. The minimum absolute atomic E-state index is 0.106. The third-order valence-electron chi connectivity index (χ3n) is 6.04. The molecule has 0 aromatic heterocycles. The van der Waals surface area contributed by atoms with Crippen molar-refractivity contribution in [2.45, 2.75) is 12.3 Å². The van der Waals surface area contributed by atoms with Gasteiger partial charge in [0.25, 0.3) is 5.91 Å². The molecule has 0 saturated carbocycles. The van der Waals surface area contributed by atoms with Crippen LogP contribution in [0.1, 0.15) is 39.4 Å². The number of fused-ring (bicyclic) bond motifs is 3. The van der Waals surface area contributed by atoms with Gasteiger partial charge < -0.3 is 24.7 Å². The van der Waals surface area contributed by atoms with Crippen LogP contribution in [-0.4, -0.2) is 31.4 Å². The molecule has 0 radical (unpaired) electrons. The molecule has 0 aliphatic carbocycles. The van der Waals surface area contributed by atoms with Crippen molar-refractivity contribution in [1.29, 1.82) is 0 Å². The minimum Gasteiger partial charge on any atom is -0.493 e. The highest BCUT2D eigenvalue weighted by Crippen LogP contribution is 2.49. The maximum absolute atomic E-state index is 13.7. The van der Waals surface area contributed by atoms with E-state index in [9.17, 15) is 27.6 Å². The van der Waals surface area contributed by atoms with Gasteiger partial charge in [0.1, 0.15) is 11.5 Å². The summed E-state index contributed by atoms with van der Waals surface area (Å²) in [5.74, 6) is -6.40. The molecule has 2 N–H and O–H groups in total. The van der Waals surface area contributed by atoms with Crippen LogP contribution >= 0.6 is 0 Å². The number of nitrogens with two attached hydrogens (primary N) is 1. The number of rotatable bonds is 6. The predicted octanol–water partition coefficient (Wildman–Crippen LogP) is 4.03. The Morgan fingerprint density at radius 3 is 2.47 bits per heavy atom. The van der Waals surface area contributed by atoms with E-state index in [1.54, 1.807) is 18.2 Å². The van der Waals surface area contributed by atoms with Crippen molar-refractivity contribution in [2.75, 3.05) is 13.7 Å². The van der Waals surface area contributed by atoms with Crippen LogP contribution in [0.25, 0.3) is 6.08 Å². The fourth-order valence-corrected chi connectivity index (χ4v) is 4.37. The molecule has 8 nitrogen and oxygen atoms in total. The Morgan fingerprint density at radius 2 is 1.79 bits per heavy atom. The molecule has 0 spiro atoms. The number of ether oxygens (including phenoxy) is 4. The lowest BCUT2D eigenvalue weighted by Crippen LogP contribution is -2.22. The molecule has 0 fully saturated rings. The van der Waals surface area contributed by atoms with E-state index in [2.05, 4.69) is 0 Å². The Bertz CT molecular complexity index is 1530. The molecule has 11 heteroatoms. The molecular weight excluding hydrogens is 507 g/mol. The zero-order chi connectivity index (χ0) is 27.1. The summed E-state index contributed by atoms with van der Waals surface area (Å²) in [6, 6.07) is 9.17. The van der Waals surface area contributed by atoms with E-state index in [0.717, 1.165) is 18.2 Å². The highest BCUT2D eigenvalue weighted by atomic mass is 19.2. The number of benzene rings is 3. The zero-order valence-corrected chi connectivity index (χ0v) is 19.7. The summed E-state index contributed by atoms with van der Waals surface area (Å²) in [6.07, 6.45) is 0.976. The van der Waals surface area contributed by atoms with Crippen molar-refractivity contribution >= 4 is 23.7 Å². The summed E-state index contributed by atoms with van der Waals surface area (Å²) in [5.41, 5.74) is 6.15. The number of hydrogen-bond acceptors (Lipinski definition) is 7. The van der Waals surface area contributed by atoms with Gasteiger partial charge >= 0.3 is 5.97 Å². The Balaban J connectivity index is 1.58. The van der Waals surface area contributed by atoms with Crippen LogP contribution in [0.15, 0.2) is 48.2 Å². The van der Waals surface area contributed by atoms with Crippen LogP contribution in [0.4, 0.5) is 13.2 Å². The summed E-state index contributed by atoms with van der Waals surface area (Å²) < 4.78 is 62.7. The fraction of sp³-hybridized carbons (Fsp3) is 0.148. The topological polar surface area (TPSA) is 114 Å². The van der Waals surface area contributed by atoms with Gasteiger partial charge in [-0.15, -0.1) is 0 Å². The van der Waals surface area contributed by atoms with Crippen molar-refractivity contribution in [2.24, 2.45) is 5.73 Å². The summed E-state index contributed by atoms with van der Waals surface area (Å²) in [7, 11) is 1.42. The average molecular weight is 525 g/mol. The molecule has 3 aromatic carbocycles. The van der Waals surface area contributed by atoms with Gasteiger partial charge in [0, 0.05) is 11.5 Å². The molecule has 194 valence electrons. The van der Waals surface area contributed by atoms with Crippen molar-refractivity contribution in [1.82, 2.24) is 0 Å². The quantitative estimate of drug-likeness (QED) is 0.224. The molecule has 1 atom stereocenters. The molecule has 0 bridgehead atoms. The highest BCUT2D eigenvalue weighted by Gasteiger charge is 2.39. The van der Waals surface area contributed by atoms with E-state index in [1.165, 1.54) is 19.2 Å². The van der Waals surface area contributed by atoms with Crippen LogP contribution in [-0.2, 0) is 9.59 Å². The molecule has 1 unspecified atom stereocenters. The minimum atomic E-state index is -1.63. The van der Waals surface area contributed by atoms with Crippen molar-refractivity contribution in [3.8, 4) is 23.0 Å². The Morgan fingerprint density at radius 1 is 1.05 bits per heavy atom. The Hall–Kier alpha value is -4.80. The van der Waals surface area contributed by atoms with Gasteiger partial charge in [0.05, 0.1) is 19.1 Å². The van der Waals surface area contributed by atoms with Crippen LogP contribution in [0.2, 0.25) is 0 Å². The molecule has 2 aliphatic rings. The number of ketones is 1. The molecule has 0 saturated heterocycles. The maximum Gasteiger partial charge on any atom is 0.312 e. The SMILES string of the molecule is COc1ccc(C2CC(=O)Oc3ccc4c(c32)O/C(=C\c2cc(F)c(F)c(F)c2)C4=O)cc1OCC(N)=O. The smallest absolute Gasteiger partial charge is 0.312 e. The van der Waals surface area contributed by atoms with Gasteiger partial charge in [-0.3, -0.25) is 14.4 Å². The van der Waals surface area contributed by atoms with Crippen molar-refractivity contribution < 1.29 is 46.5 Å². The van der Waals surface area contributed by atoms with Crippen molar-refractivity contribution in [3.05, 3.63) is 87.9 Å². The van der Waals surface area contributed by atoms with E-state index in [1.807, 2.05) is 0 Å². The van der Waals surface area contributed by atoms with Gasteiger partial charge in [-0.1, -0.05) is 6.07 Å².